The average Bonchev–Trinajstić information content (AvgIpc) is 2.05. The molecule has 1 aromatic rings. The van der Waals surface area contributed by atoms with Crippen LogP contribution in [-0.2, 0) is 11.6 Å². The van der Waals surface area contributed by atoms with Crippen LogP contribution in [0, 0.1) is 3.57 Å². The number of nitrogens with zero attached hydrogens (tertiary/aromatic N) is 1. The molecule has 0 radical (unpaired) electrons. The summed E-state index contributed by atoms with van der Waals surface area (Å²) < 4.78 is 38.2. The van der Waals surface area contributed by atoms with Gasteiger partial charge in [0, 0.05) is 0 Å². The largest absolute Gasteiger partial charge is 0.433 e. The average molecular weight is 364 g/mol. The summed E-state index contributed by atoms with van der Waals surface area (Å²) in [6.45, 7) is 5.50. The topological polar surface area (TPSA) is 12.9 Å². The van der Waals surface area contributed by atoms with E-state index in [9.17, 15) is 13.2 Å². The van der Waals surface area contributed by atoms with E-state index in [0.717, 1.165) is 6.07 Å². The van der Waals surface area contributed by atoms with Gasteiger partial charge in [0.1, 0.15) is 10.8 Å². The van der Waals surface area contributed by atoms with Crippen LogP contribution in [0.3, 0.4) is 0 Å². The van der Waals surface area contributed by atoms with Crippen molar-refractivity contribution in [3.8, 4) is 0 Å². The number of halogens is 5. The Bertz CT molecular complexity index is 410. The summed E-state index contributed by atoms with van der Waals surface area (Å²) in [5.74, 6) is 0. The van der Waals surface area contributed by atoms with Crippen LogP contribution >= 0.6 is 34.2 Å². The first-order valence-corrected chi connectivity index (χ1v) is 5.93. The summed E-state index contributed by atoms with van der Waals surface area (Å²) in [5, 5.41) is -0.0969. The second-order valence-corrected chi connectivity index (χ2v) is 5.84. The van der Waals surface area contributed by atoms with Gasteiger partial charge in [-0.15, -0.1) is 0 Å². The summed E-state index contributed by atoms with van der Waals surface area (Å²) in [4.78, 5) is 3.35. The predicted octanol–water partition coefficient (Wildman–Crippen LogP) is 4.66. The molecule has 0 amide bonds. The van der Waals surface area contributed by atoms with Crippen molar-refractivity contribution in [2.24, 2.45) is 0 Å². The third kappa shape index (κ3) is 3.00. The van der Waals surface area contributed by atoms with Gasteiger partial charge >= 0.3 is 6.18 Å². The number of alkyl halides is 3. The van der Waals surface area contributed by atoms with E-state index in [2.05, 4.69) is 4.98 Å². The molecule has 6 heteroatoms. The molecule has 0 N–H and O–H groups in total. The van der Waals surface area contributed by atoms with Crippen LogP contribution in [0.4, 0.5) is 13.2 Å². The lowest BCUT2D eigenvalue weighted by molar-refractivity contribution is -0.141. The lowest BCUT2D eigenvalue weighted by Gasteiger charge is -2.22. The van der Waals surface area contributed by atoms with Crippen molar-refractivity contribution < 1.29 is 13.2 Å². The van der Waals surface area contributed by atoms with E-state index in [1.165, 1.54) is 0 Å². The fourth-order valence-electron chi connectivity index (χ4n) is 1.19. The Labute approximate surface area is 111 Å². The van der Waals surface area contributed by atoms with Gasteiger partial charge in [0.2, 0.25) is 0 Å². The number of hydrogen-bond acceptors (Lipinski definition) is 1. The Morgan fingerprint density at radius 2 is 1.75 bits per heavy atom. The molecule has 90 valence electrons. The Kier molecular flexibility index (Phi) is 3.79. The second-order valence-electron chi connectivity index (χ2n) is 4.41. The van der Waals surface area contributed by atoms with Crippen LogP contribution in [0.2, 0.25) is 5.15 Å². The Balaban J connectivity index is 3.46. The molecule has 0 aromatic carbocycles. The number of aromatic nitrogens is 1. The van der Waals surface area contributed by atoms with Crippen molar-refractivity contribution in [3.63, 3.8) is 0 Å². The smallest absolute Gasteiger partial charge is 0.230 e. The first kappa shape index (κ1) is 14.0. The van der Waals surface area contributed by atoms with Gasteiger partial charge in [-0.3, -0.25) is 0 Å². The molecule has 1 rings (SSSR count). The van der Waals surface area contributed by atoms with E-state index >= 15 is 0 Å². The summed E-state index contributed by atoms with van der Waals surface area (Å²) in [7, 11) is 0. The molecule has 0 unspecified atom stereocenters. The van der Waals surface area contributed by atoms with Crippen molar-refractivity contribution in [1.29, 1.82) is 0 Å². The van der Waals surface area contributed by atoms with Crippen LogP contribution < -0.4 is 0 Å². The Morgan fingerprint density at radius 1 is 1.25 bits per heavy atom. The monoisotopic (exact) mass is 363 g/mol. The first-order valence-electron chi connectivity index (χ1n) is 4.47. The molecule has 0 atom stereocenters. The molecular formula is C10H10ClF3IN. The minimum Gasteiger partial charge on any atom is -0.230 e. The molecule has 0 aliphatic carbocycles. The fraction of sp³-hybridized carbons (Fsp3) is 0.500. The highest BCUT2D eigenvalue weighted by Gasteiger charge is 2.35. The molecule has 0 aliphatic heterocycles. The minimum atomic E-state index is -4.46. The second kappa shape index (κ2) is 4.33. The highest BCUT2D eigenvalue weighted by molar-refractivity contribution is 14.1. The third-order valence-corrected chi connectivity index (χ3v) is 3.70. The highest BCUT2D eigenvalue weighted by Crippen LogP contribution is 2.36. The fourth-order valence-corrected chi connectivity index (χ4v) is 2.47. The van der Waals surface area contributed by atoms with Gasteiger partial charge in [-0.05, 0) is 39.6 Å². The van der Waals surface area contributed by atoms with E-state index in [-0.39, 0.29) is 5.15 Å². The van der Waals surface area contributed by atoms with Gasteiger partial charge in [-0.1, -0.05) is 32.4 Å². The van der Waals surface area contributed by atoms with E-state index in [1.54, 1.807) is 0 Å². The lowest BCUT2D eigenvalue weighted by atomic mass is 9.87. The van der Waals surface area contributed by atoms with Crippen molar-refractivity contribution in [3.05, 3.63) is 26.0 Å². The minimum absolute atomic E-state index is 0.0969. The van der Waals surface area contributed by atoms with Crippen molar-refractivity contribution in [1.82, 2.24) is 4.98 Å². The molecule has 16 heavy (non-hydrogen) atoms. The van der Waals surface area contributed by atoms with Crippen molar-refractivity contribution >= 4 is 34.2 Å². The Hall–Kier alpha value is -0.0400. The molecular weight excluding hydrogens is 353 g/mol. The molecule has 0 spiro atoms. The van der Waals surface area contributed by atoms with Gasteiger partial charge in [-0.2, -0.15) is 13.2 Å². The maximum atomic E-state index is 12.5. The molecule has 0 saturated heterocycles. The van der Waals surface area contributed by atoms with Gasteiger partial charge in [-0.25, -0.2) is 4.98 Å². The molecule has 0 bridgehead atoms. The molecule has 1 aromatic heterocycles. The van der Waals surface area contributed by atoms with Crippen molar-refractivity contribution in [2.45, 2.75) is 32.4 Å². The molecule has 1 heterocycles. The maximum Gasteiger partial charge on any atom is 0.433 e. The zero-order valence-electron chi connectivity index (χ0n) is 8.91. The first-order chi connectivity index (χ1) is 7.03. The summed E-state index contributed by atoms with van der Waals surface area (Å²) in [6, 6.07) is 1.06. The van der Waals surface area contributed by atoms with E-state index < -0.39 is 17.3 Å². The SMILES string of the molecule is CC(C)(C)c1cc(C(F)(F)F)nc(Cl)c1I. The van der Waals surface area contributed by atoms with Crippen LogP contribution in [0.5, 0.6) is 0 Å². The van der Waals surface area contributed by atoms with E-state index in [0.29, 0.717) is 9.13 Å². The molecule has 0 fully saturated rings. The summed E-state index contributed by atoms with van der Waals surface area (Å²) in [5.41, 5.74) is -0.786. The Morgan fingerprint density at radius 3 is 2.12 bits per heavy atom. The maximum absolute atomic E-state index is 12.5. The lowest BCUT2D eigenvalue weighted by Crippen LogP contribution is -2.17. The summed E-state index contributed by atoms with van der Waals surface area (Å²) >= 11 is 7.63. The molecule has 1 nitrogen and oxygen atoms in total. The van der Waals surface area contributed by atoms with E-state index in [1.807, 2.05) is 43.4 Å². The van der Waals surface area contributed by atoms with Crippen LogP contribution in [0.1, 0.15) is 32.0 Å². The third-order valence-electron chi connectivity index (χ3n) is 2.02. The standard InChI is InChI=1S/C10H10ClF3IN/c1-9(2,3)5-4-6(10(12,13)14)16-8(11)7(5)15/h4H,1-3H3. The number of pyridine rings is 1. The van der Waals surface area contributed by atoms with Gasteiger partial charge in [0.05, 0.1) is 3.57 Å². The van der Waals surface area contributed by atoms with Gasteiger partial charge in [0.15, 0.2) is 0 Å². The van der Waals surface area contributed by atoms with Gasteiger partial charge < -0.3 is 0 Å². The normalized spacial score (nSPS) is 13.0. The molecule has 0 saturated carbocycles. The predicted molar refractivity (Wildman–Crippen MR) is 65.7 cm³/mol. The van der Waals surface area contributed by atoms with Crippen LogP contribution in [-0.4, -0.2) is 4.98 Å². The van der Waals surface area contributed by atoms with E-state index in [4.69, 9.17) is 11.6 Å². The number of hydrogen-bond donors (Lipinski definition) is 0. The van der Waals surface area contributed by atoms with Crippen molar-refractivity contribution in [2.75, 3.05) is 0 Å². The summed E-state index contributed by atoms with van der Waals surface area (Å²) in [6.07, 6.45) is -4.46. The van der Waals surface area contributed by atoms with Crippen LogP contribution in [0.25, 0.3) is 0 Å². The molecule has 0 aliphatic rings. The highest BCUT2D eigenvalue weighted by atomic mass is 127. The van der Waals surface area contributed by atoms with Crippen LogP contribution in [0.15, 0.2) is 6.07 Å². The zero-order valence-corrected chi connectivity index (χ0v) is 11.8. The van der Waals surface area contributed by atoms with Gasteiger partial charge in [0.25, 0.3) is 0 Å². The quantitative estimate of drug-likeness (QED) is 0.483. The number of rotatable bonds is 0. The zero-order chi connectivity index (χ0) is 12.7.